The Morgan fingerprint density at radius 2 is 1.57 bits per heavy atom. The first kappa shape index (κ1) is 22.1. The van der Waals surface area contributed by atoms with Gasteiger partial charge in [0.1, 0.15) is 0 Å². The summed E-state index contributed by atoms with van der Waals surface area (Å²) in [6.07, 6.45) is 0.753. The summed E-state index contributed by atoms with van der Waals surface area (Å²) in [7, 11) is 0. The van der Waals surface area contributed by atoms with Crippen molar-refractivity contribution in [2.24, 2.45) is 0 Å². The molecule has 0 fully saturated rings. The third kappa shape index (κ3) is 3.97. The Kier molecular flexibility index (Phi) is 5.71. The second kappa shape index (κ2) is 9.03. The van der Waals surface area contributed by atoms with Gasteiger partial charge in [0, 0.05) is 38.1 Å². The molecule has 1 aliphatic rings. The highest BCUT2D eigenvalue weighted by atomic mass is 79.9. The molecule has 3 nitrogen and oxygen atoms in total. The van der Waals surface area contributed by atoms with E-state index in [-0.39, 0.29) is 11.9 Å². The molecular weight excluding hydrogens is 520 g/mol. The fourth-order valence-electron chi connectivity index (χ4n) is 5.10. The van der Waals surface area contributed by atoms with Gasteiger partial charge in [0.25, 0.3) is 5.91 Å². The van der Waals surface area contributed by atoms with Crippen LogP contribution in [0.4, 0.5) is 0 Å². The number of hydrogen-bond donors (Lipinski definition) is 1. The Labute approximate surface area is 217 Å². The second-order valence-corrected chi connectivity index (χ2v) is 10.2. The van der Waals surface area contributed by atoms with Crippen molar-refractivity contribution >= 4 is 44.3 Å². The van der Waals surface area contributed by atoms with Gasteiger partial charge in [-0.2, -0.15) is 0 Å². The van der Waals surface area contributed by atoms with Crippen molar-refractivity contribution in [3.8, 4) is 11.3 Å². The molecule has 1 aliphatic heterocycles. The first-order valence-corrected chi connectivity index (χ1v) is 12.8. The Morgan fingerprint density at radius 3 is 2.37 bits per heavy atom. The predicted octanol–water partition coefficient (Wildman–Crippen LogP) is 8.04. The highest BCUT2D eigenvalue weighted by molar-refractivity contribution is 9.10. The van der Waals surface area contributed by atoms with E-state index >= 15 is 0 Å². The summed E-state index contributed by atoms with van der Waals surface area (Å²) >= 11 is 9.64. The van der Waals surface area contributed by atoms with Gasteiger partial charge in [0.05, 0.1) is 11.7 Å². The molecule has 0 saturated carbocycles. The van der Waals surface area contributed by atoms with E-state index in [0.717, 1.165) is 55.3 Å². The number of aromatic amines is 1. The van der Waals surface area contributed by atoms with Crippen molar-refractivity contribution < 1.29 is 4.79 Å². The molecule has 35 heavy (non-hydrogen) atoms. The average molecular weight is 542 g/mol. The van der Waals surface area contributed by atoms with Crippen LogP contribution in [-0.4, -0.2) is 22.3 Å². The average Bonchev–Trinajstić information content (AvgIpc) is 3.39. The zero-order valence-electron chi connectivity index (χ0n) is 18.8. The minimum atomic E-state index is -0.180. The number of nitrogens with one attached hydrogen (secondary N) is 1. The van der Waals surface area contributed by atoms with E-state index < -0.39 is 0 Å². The topological polar surface area (TPSA) is 36.1 Å². The second-order valence-electron chi connectivity index (χ2n) is 8.83. The predicted molar refractivity (Wildman–Crippen MR) is 146 cm³/mol. The normalized spacial score (nSPS) is 15.1. The molecule has 5 heteroatoms. The number of rotatable bonds is 5. The molecule has 5 aromatic rings. The van der Waals surface area contributed by atoms with Gasteiger partial charge in [-0.15, -0.1) is 0 Å². The van der Waals surface area contributed by atoms with Gasteiger partial charge < -0.3 is 9.88 Å². The highest BCUT2D eigenvalue weighted by Gasteiger charge is 2.39. The van der Waals surface area contributed by atoms with Crippen LogP contribution in [-0.2, 0) is 6.42 Å². The Hall–Kier alpha value is -3.34. The first-order valence-electron chi connectivity index (χ1n) is 11.6. The summed E-state index contributed by atoms with van der Waals surface area (Å²) in [6, 6.07) is 32.4. The van der Waals surface area contributed by atoms with Crippen LogP contribution in [0.15, 0.2) is 102 Å². The maximum absolute atomic E-state index is 13.7. The summed E-state index contributed by atoms with van der Waals surface area (Å²) in [5, 5.41) is 1.85. The van der Waals surface area contributed by atoms with E-state index in [4.69, 9.17) is 11.6 Å². The summed E-state index contributed by atoms with van der Waals surface area (Å²) in [5.41, 5.74) is 7.33. The molecular formula is C30H22BrClN2O. The number of fused-ring (bicyclic) bond motifs is 2. The van der Waals surface area contributed by atoms with E-state index in [2.05, 4.69) is 69.4 Å². The molecule has 172 valence electrons. The fourth-order valence-corrected chi connectivity index (χ4v) is 5.49. The van der Waals surface area contributed by atoms with Gasteiger partial charge in [0.2, 0.25) is 0 Å². The van der Waals surface area contributed by atoms with Crippen LogP contribution in [0.1, 0.15) is 33.1 Å². The fraction of sp³-hybridized carbons (Fsp3) is 0.100. The number of halogens is 2. The van der Waals surface area contributed by atoms with Crippen molar-refractivity contribution in [1.82, 2.24) is 9.88 Å². The lowest BCUT2D eigenvalue weighted by atomic mass is 9.93. The zero-order chi connectivity index (χ0) is 23.9. The van der Waals surface area contributed by atoms with Crippen LogP contribution in [0, 0.1) is 0 Å². The van der Waals surface area contributed by atoms with Crippen molar-refractivity contribution in [3.63, 3.8) is 0 Å². The first-order chi connectivity index (χ1) is 17.1. The smallest absolute Gasteiger partial charge is 0.255 e. The van der Waals surface area contributed by atoms with E-state index in [1.54, 1.807) is 0 Å². The minimum Gasteiger partial charge on any atom is -0.354 e. The lowest BCUT2D eigenvalue weighted by molar-refractivity contribution is 0.0753. The molecule has 6 rings (SSSR count). The van der Waals surface area contributed by atoms with Crippen LogP contribution in [0.5, 0.6) is 0 Å². The Morgan fingerprint density at radius 1 is 0.857 bits per heavy atom. The number of carbonyl (C=O) groups is 1. The van der Waals surface area contributed by atoms with Crippen molar-refractivity contribution in [3.05, 3.63) is 129 Å². The van der Waals surface area contributed by atoms with E-state index in [9.17, 15) is 4.79 Å². The third-order valence-corrected chi connectivity index (χ3v) is 7.55. The van der Waals surface area contributed by atoms with Gasteiger partial charge in [-0.1, -0.05) is 88.2 Å². The van der Waals surface area contributed by atoms with Gasteiger partial charge in [-0.25, -0.2) is 0 Å². The molecule has 4 aromatic carbocycles. The van der Waals surface area contributed by atoms with Crippen LogP contribution in [0.3, 0.4) is 0 Å². The van der Waals surface area contributed by atoms with Crippen molar-refractivity contribution in [2.75, 3.05) is 6.54 Å². The molecule has 1 aromatic heterocycles. The van der Waals surface area contributed by atoms with Crippen LogP contribution in [0.2, 0.25) is 5.02 Å². The number of hydrogen-bond acceptors (Lipinski definition) is 1. The molecule has 0 radical (unpaired) electrons. The SMILES string of the molecule is O=C1c2ccccc2[C@H](c2c(-c3ccc(Br)cc3)[nH]c3ccccc23)N1CCc1ccc(Cl)cc1. The van der Waals surface area contributed by atoms with Gasteiger partial charge in [-0.3, -0.25) is 4.79 Å². The van der Waals surface area contributed by atoms with E-state index in [1.807, 2.05) is 53.4 Å². The van der Waals surface area contributed by atoms with Gasteiger partial charge in [-0.05, 0) is 59.5 Å². The van der Waals surface area contributed by atoms with E-state index in [1.165, 1.54) is 0 Å². The lowest BCUT2D eigenvalue weighted by Crippen LogP contribution is -2.31. The van der Waals surface area contributed by atoms with Crippen LogP contribution >= 0.6 is 27.5 Å². The van der Waals surface area contributed by atoms with Crippen molar-refractivity contribution in [1.29, 1.82) is 0 Å². The van der Waals surface area contributed by atoms with Gasteiger partial charge >= 0.3 is 0 Å². The molecule has 0 unspecified atom stereocenters. The van der Waals surface area contributed by atoms with E-state index in [0.29, 0.717) is 11.6 Å². The number of aromatic nitrogens is 1. The zero-order valence-corrected chi connectivity index (χ0v) is 21.2. The number of benzene rings is 4. The highest BCUT2D eigenvalue weighted by Crippen LogP contribution is 2.45. The molecule has 2 heterocycles. The maximum atomic E-state index is 13.7. The number of nitrogens with zero attached hydrogens (tertiary/aromatic N) is 1. The van der Waals surface area contributed by atoms with Crippen LogP contribution < -0.4 is 0 Å². The number of carbonyl (C=O) groups excluding carboxylic acids is 1. The third-order valence-electron chi connectivity index (χ3n) is 6.77. The monoisotopic (exact) mass is 540 g/mol. The summed E-state index contributed by atoms with van der Waals surface area (Å²) < 4.78 is 1.03. The number of H-pyrrole nitrogens is 1. The summed E-state index contributed by atoms with van der Waals surface area (Å²) in [4.78, 5) is 19.4. The maximum Gasteiger partial charge on any atom is 0.255 e. The number of para-hydroxylation sites is 1. The standard InChI is InChI=1S/C30H22BrClN2O/c31-21-13-11-20(12-14-21)28-27(25-7-3-4-8-26(25)33-28)29-23-5-1-2-6-24(23)30(35)34(29)18-17-19-9-15-22(32)16-10-19/h1-16,29,33H,17-18H2/t29-/m1/s1. The number of amides is 1. The Balaban J connectivity index is 1.51. The molecule has 0 saturated heterocycles. The van der Waals surface area contributed by atoms with Crippen molar-refractivity contribution in [2.45, 2.75) is 12.5 Å². The molecule has 1 amide bonds. The molecule has 0 spiro atoms. The Bertz CT molecular complexity index is 1540. The lowest BCUT2D eigenvalue weighted by Gasteiger charge is -2.27. The molecule has 0 aliphatic carbocycles. The molecule has 1 atom stereocenters. The largest absolute Gasteiger partial charge is 0.354 e. The van der Waals surface area contributed by atoms with Crippen LogP contribution in [0.25, 0.3) is 22.2 Å². The van der Waals surface area contributed by atoms with Gasteiger partial charge in [0.15, 0.2) is 0 Å². The summed E-state index contributed by atoms with van der Waals surface area (Å²) in [5.74, 6) is 0.0756. The summed E-state index contributed by atoms with van der Waals surface area (Å²) in [6.45, 7) is 0.610. The minimum absolute atomic E-state index is 0.0756. The quantitative estimate of drug-likeness (QED) is 0.240. The molecule has 1 N–H and O–H groups in total. The molecule has 0 bridgehead atoms.